The largest absolute Gasteiger partial charge is 0.327 e. The van der Waals surface area contributed by atoms with E-state index in [9.17, 15) is 9.59 Å². The molecule has 0 aliphatic rings. The zero-order valence-corrected chi connectivity index (χ0v) is 7.74. The van der Waals surface area contributed by atoms with Gasteiger partial charge < -0.3 is 0 Å². The molecule has 0 saturated carbocycles. The van der Waals surface area contributed by atoms with Crippen LogP contribution in [-0.2, 0) is 0 Å². The van der Waals surface area contributed by atoms with Crippen LogP contribution in [0.4, 0.5) is 0 Å². The molecule has 74 valence electrons. The average Bonchev–Trinajstić information content (AvgIpc) is 2.47. The van der Waals surface area contributed by atoms with Crippen molar-refractivity contribution in [1.82, 2.24) is 25.0 Å². The minimum atomic E-state index is -0.571. The van der Waals surface area contributed by atoms with Gasteiger partial charge in [0.2, 0.25) is 0 Å². The van der Waals surface area contributed by atoms with Crippen LogP contribution in [0.25, 0.3) is 11.2 Å². The molecule has 2 aromatic rings. The third-order valence-corrected chi connectivity index (χ3v) is 1.86. The molecule has 0 saturated heterocycles. The Morgan fingerprint density at radius 3 is 2.64 bits per heavy atom. The van der Waals surface area contributed by atoms with Crippen LogP contribution < -0.4 is 11.2 Å². The Hall–Kier alpha value is -1.92. The number of hydrogen-bond donors (Lipinski definition) is 2. The summed E-state index contributed by atoms with van der Waals surface area (Å²) < 4.78 is 1.46. The summed E-state index contributed by atoms with van der Waals surface area (Å²) in [4.78, 5) is 26.8. The van der Waals surface area contributed by atoms with Crippen molar-refractivity contribution in [2.24, 2.45) is 0 Å². The number of rotatable bonds is 1. The average molecular weight is 195 g/mol. The first-order chi connectivity index (χ1) is 6.59. The van der Waals surface area contributed by atoms with Crippen molar-refractivity contribution >= 4 is 11.2 Å². The number of nitrogens with one attached hydrogen (secondary N) is 2. The lowest BCUT2D eigenvalue weighted by molar-refractivity contribution is 0.528. The van der Waals surface area contributed by atoms with Crippen LogP contribution in [0.3, 0.4) is 0 Å². The maximum atomic E-state index is 11.4. The van der Waals surface area contributed by atoms with E-state index in [0.29, 0.717) is 5.52 Å². The summed E-state index contributed by atoms with van der Waals surface area (Å²) >= 11 is 0. The van der Waals surface area contributed by atoms with Gasteiger partial charge in [-0.1, -0.05) is 5.21 Å². The molecule has 7 nitrogen and oxygen atoms in total. The van der Waals surface area contributed by atoms with E-state index in [1.165, 1.54) is 4.68 Å². The predicted octanol–water partition coefficient (Wildman–Crippen LogP) is -0.611. The number of H-pyrrole nitrogens is 2. The lowest BCUT2D eigenvalue weighted by atomic mass is 10.4. The molecule has 0 atom stereocenters. The van der Waals surface area contributed by atoms with E-state index >= 15 is 0 Å². The van der Waals surface area contributed by atoms with Crippen molar-refractivity contribution in [1.29, 1.82) is 0 Å². The number of aromatic nitrogens is 5. The first-order valence-electron chi connectivity index (χ1n) is 4.17. The molecule has 0 aromatic carbocycles. The maximum absolute atomic E-state index is 11.4. The Morgan fingerprint density at radius 2 is 2.00 bits per heavy atom. The first-order valence-corrected chi connectivity index (χ1v) is 4.17. The third-order valence-electron chi connectivity index (χ3n) is 1.86. The van der Waals surface area contributed by atoms with Gasteiger partial charge in [-0.25, -0.2) is 9.48 Å². The summed E-state index contributed by atoms with van der Waals surface area (Å²) in [5.74, 6) is 0. The maximum Gasteiger partial charge on any atom is 0.327 e. The quantitative estimate of drug-likeness (QED) is 0.634. The highest BCUT2D eigenvalue weighted by molar-refractivity contribution is 5.67. The first kappa shape index (κ1) is 8.67. The van der Waals surface area contributed by atoms with Crippen LogP contribution >= 0.6 is 0 Å². The minimum absolute atomic E-state index is 0.0204. The van der Waals surface area contributed by atoms with Crippen molar-refractivity contribution in [2.75, 3.05) is 0 Å². The van der Waals surface area contributed by atoms with Crippen molar-refractivity contribution < 1.29 is 0 Å². The number of hydrogen-bond acceptors (Lipinski definition) is 4. The predicted molar refractivity (Wildman–Crippen MR) is 49.2 cm³/mol. The molecular weight excluding hydrogens is 186 g/mol. The summed E-state index contributed by atoms with van der Waals surface area (Å²) in [6, 6.07) is 0.0204. The third kappa shape index (κ3) is 1.13. The molecule has 0 unspecified atom stereocenters. The second-order valence-corrected chi connectivity index (χ2v) is 3.23. The van der Waals surface area contributed by atoms with E-state index < -0.39 is 11.2 Å². The van der Waals surface area contributed by atoms with Gasteiger partial charge in [-0.15, -0.1) is 5.10 Å². The second kappa shape index (κ2) is 2.79. The monoisotopic (exact) mass is 195 g/mol. The zero-order valence-electron chi connectivity index (χ0n) is 7.74. The van der Waals surface area contributed by atoms with Crippen LogP contribution in [-0.4, -0.2) is 25.0 Å². The van der Waals surface area contributed by atoms with Crippen molar-refractivity contribution in [3.63, 3.8) is 0 Å². The summed E-state index contributed by atoms with van der Waals surface area (Å²) in [7, 11) is 0. The van der Waals surface area contributed by atoms with Gasteiger partial charge >= 0.3 is 5.69 Å². The summed E-state index contributed by atoms with van der Waals surface area (Å²) in [6.45, 7) is 3.75. The van der Waals surface area contributed by atoms with Crippen LogP contribution in [0.15, 0.2) is 9.59 Å². The summed E-state index contributed by atoms with van der Waals surface area (Å²) in [5, 5.41) is 7.47. The number of aromatic amines is 2. The minimum Gasteiger partial charge on any atom is -0.288 e. The smallest absolute Gasteiger partial charge is 0.288 e. The van der Waals surface area contributed by atoms with Gasteiger partial charge in [-0.3, -0.25) is 14.8 Å². The van der Waals surface area contributed by atoms with Gasteiger partial charge in [0.05, 0.1) is 0 Å². The Labute approximate surface area is 77.8 Å². The van der Waals surface area contributed by atoms with Gasteiger partial charge in [-0.2, -0.15) is 0 Å². The molecule has 0 spiro atoms. The molecule has 7 heteroatoms. The van der Waals surface area contributed by atoms with Gasteiger partial charge in [0.15, 0.2) is 11.2 Å². The normalized spacial score (nSPS) is 11.4. The Balaban J connectivity index is 2.93. The lowest BCUT2D eigenvalue weighted by Crippen LogP contribution is -2.23. The fraction of sp³-hybridized carbons (Fsp3) is 0.429. The molecule has 0 radical (unpaired) electrons. The molecule has 2 heterocycles. The van der Waals surface area contributed by atoms with Crippen LogP contribution in [0.5, 0.6) is 0 Å². The van der Waals surface area contributed by atoms with Crippen molar-refractivity contribution in [3.8, 4) is 0 Å². The van der Waals surface area contributed by atoms with Crippen LogP contribution in [0, 0.1) is 0 Å². The SMILES string of the molecule is CC(C)n1nnc2[nH]c(=O)[nH]c(=O)c21. The van der Waals surface area contributed by atoms with Gasteiger partial charge in [0, 0.05) is 6.04 Å². The zero-order chi connectivity index (χ0) is 10.3. The number of nitrogens with zero attached hydrogens (tertiary/aromatic N) is 3. The summed E-state index contributed by atoms with van der Waals surface area (Å²) in [5.41, 5.74) is -0.534. The molecule has 0 amide bonds. The van der Waals surface area contributed by atoms with Gasteiger partial charge in [0.25, 0.3) is 5.56 Å². The van der Waals surface area contributed by atoms with E-state index in [0.717, 1.165) is 0 Å². The van der Waals surface area contributed by atoms with Crippen molar-refractivity contribution in [3.05, 3.63) is 20.8 Å². The fourth-order valence-corrected chi connectivity index (χ4v) is 1.25. The van der Waals surface area contributed by atoms with E-state index in [1.54, 1.807) is 0 Å². The molecule has 2 rings (SSSR count). The Bertz CT molecular complexity index is 576. The molecular formula is C7H9N5O2. The fourth-order valence-electron chi connectivity index (χ4n) is 1.25. The van der Waals surface area contributed by atoms with E-state index in [1.807, 2.05) is 13.8 Å². The van der Waals surface area contributed by atoms with Crippen LogP contribution in [0.2, 0.25) is 0 Å². The van der Waals surface area contributed by atoms with Crippen molar-refractivity contribution in [2.45, 2.75) is 19.9 Å². The molecule has 14 heavy (non-hydrogen) atoms. The van der Waals surface area contributed by atoms with E-state index in [-0.39, 0.29) is 11.7 Å². The molecule has 0 aliphatic carbocycles. The Morgan fingerprint density at radius 1 is 1.29 bits per heavy atom. The molecule has 0 bridgehead atoms. The second-order valence-electron chi connectivity index (χ2n) is 3.23. The molecule has 0 aliphatic heterocycles. The van der Waals surface area contributed by atoms with Gasteiger partial charge in [0.1, 0.15) is 0 Å². The highest BCUT2D eigenvalue weighted by Crippen LogP contribution is 2.06. The highest BCUT2D eigenvalue weighted by atomic mass is 16.2. The molecule has 2 aromatic heterocycles. The lowest BCUT2D eigenvalue weighted by Gasteiger charge is -2.02. The van der Waals surface area contributed by atoms with Crippen LogP contribution in [0.1, 0.15) is 19.9 Å². The topological polar surface area (TPSA) is 96.4 Å². The van der Waals surface area contributed by atoms with E-state index in [4.69, 9.17) is 0 Å². The highest BCUT2D eigenvalue weighted by Gasteiger charge is 2.11. The molecule has 0 fully saturated rings. The van der Waals surface area contributed by atoms with Gasteiger partial charge in [-0.05, 0) is 13.8 Å². The number of fused-ring (bicyclic) bond motifs is 1. The standard InChI is InChI=1S/C7H9N5O2/c1-3(2)12-4-5(10-11-12)8-7(14)9-6(4)13/h3H,1-2H3,(H2,8,9,13,14). The Kier molecular flexibility index (Phi) is 1.73. The summed E-state index contributed by atoms with van der Waals surface area (Å²) in [6.07, 6.45) is 0. The molecule has 2 N–H and O–H groups in total. The van der Waals surface area contributed by atoms with E-state index in [2.05, 4.69) is 20.3 Å².